The van der Waals surface area contributed by atoms with Crippen molar-refractivity contribution in [2.45, 2.75) is 33.6 Å². The lowest BCUT2D eigenvalue weighted by molar-refractivity contribution is 0.0499. The van der Waals surface area contributed by atoms with Crippen LogP contribution in [0.1, 0.15) is 51.9 Å². The molecule has 0 aliphatic rings. The molecule has 1 N–H and O–H groups in total. The van der Waals surface area contributed by atoms with Crippen molar-refractivity contribution in [3.63, 3.8) is 0 Å². The molecule has 6 heteroatoms. The molecule has 0 saturated carbocycles. The van der Waals surface area contributed by atoms with Crippen LogP contribution in [0.3, 0.4) is 0 Å². The van der Waals surface area contributed by atoms with Crippen LogP contribution in [0.15, 0.2) is 42.6 Å². The molecule has 3 rings (SSSR count). The SMILES string of the molecule is CCCCOC(=O)c1cccc(NC(=O)c2c(C)nc3ccc(C)cn23)c1. The van der Waals surface area contributed by atoms with Crippen LogP contribution in [-0.2, 0) is 4.74 Å². The zero-order valence-corrected chi connectivity index (χ0v) is 15.8. The van der Waals surface area contributed by atoms with Gasteiger partial charge < -0.3 is 10.1 Å². The number of carbonyl (C=O) groups is 2. The number of unbranched alkanes of at least 4 members (excludes halogenated alkanes) is 1. The Morgan fingerprint density at radius 3 is 2.78 bits per heavy atom. The third-order valence-corrected chi connectivity index (χ3v) is 4.24. The normalized spacial score (nSPS) is 10.8. The van der Waals surface area contributed by atoms with Gasteiger partial charge in [-0.2, -0.15) is 0 Å². The Hall–Kier alpha value is -3.15. The molecule has 3 aromatic rings. The number of pyridine rings is 1. The summed E-state index contributed by atoms with van der Waals surface area (Å²) in [6.45, 7) is 6.20. The molecular formula is C21H23N3O3. The van der Waals surface area contributed by atoms with Gasteiger partial charge in [0, 0.05) is 11.9 Å². The van der Waals surface area contributed by atoms with Gasteiger partial charge in [-0.15, -0.1) is 0 Å². The van der Waals surface area contributed by atoms with Crippen LogP contribution in [0.5, 0.6) is 0 Å². The number of rotatable bonds is 6. The van der Waals surface area contributed by atoms with Gasteiger partial charge in [0.15, 0.2) is 0 Å². The summed E-state index contributed by atoms with van der Waals surface area (Å²) in [6, 6.07) is 10.6. The van der Waals surface area contributed by atoms with Crippen molar-refractivity contribution in [1.29, 1.82) is 0 Å². The molecule has 1 amide bonds. The number of esters is 1. The Morgan fingerprint density at radius 1 is 1.19 bits per heavy atom. The Kier molecular flexibility index (Phi) is 5.54. The van der Waals surface area contributed by atoms with Gasteiger partial charge in [0.05, 0.1) is 17.9 Å². The number of fused-ring (bicyclic) bond motifs is 1. The summed E-state index contributed by atoms with van der Waals surface area (Å²) in [6.07, 6.45) is 3.67. The third-order valence-electron chi connectivity index (χ3n) is 4.24. The first-order valence-corrected chi connectivity index (χ1v) is 9.03. The number of amides is 1. The molecule has 1 aromatic carbocycles. The van der Waals surface area contributed by atoms with E-state index in [1.54, 1.807) is 35.6 Å². The van der Waals surface area contributed by atoms with Gasteiger partial charge in [-0.1, -0.05) is 25.5 Å². The molecule has 2 heterocycles. The molecule has 27 heavy (non-hydrogen) atoms. The number of carbonyl (C=O) groups excluding carboxylic acids is 2. The van der Waals surface area contributed by atoms with Crippen molar-refractivity contribution < 1.29 is 14.3 Å². The maximum Gasteiger partial charge on any atom is 0.338 e. The summed E-state index contributed by atoms with van der Waals surface area (Å²) in [5.74, 6) is -0.664. The van der Waals surface area contributed by atoms with Crippen molar-refractivity contribution in [2.24, 2.45) is 0 Å². The predicted molar refractivity (Wildman–Crippen MR) is 104 cm³/mol. The van der Waals surface area contributed by atoms with Crippen LogP contribution >= 0.6 is 0 Å². The predicted octanol–water partition coefficient (Wildman–Crippen LogP) is 4.16. The van der Waals surface area contributed by atoms with E-state index in [4.69, 9.17) is 4.74 Å². The lowest BCUT2D eigenvalue weighted by atomic mass is 10.2. The first-order valence-electron chi connectivity index (χ1n) is 9.03. The first-order chi connectivity index (χ1) is 13.0. The van der Waals surface area contributed by atoms with E-state index in [9.17, 15) is 9.59 Å². The number of hydrogen-bond acceptors (Lipinski definition) is 4. The Balaban J connectivity index is 1.81. The standard InChI is InChI=1S/C21H23N3O3/c1-4-5-11-27-21(26)16-7-6-8-17(12-16)23-20(25)19-15(3)22-18-10-9-14(2)13-24(18)19/h6-10,12-13H,4-5,11H2,1-3H3,(H,23,25). The largest absolute Gasteiger partial charge is 0.462 e. The van der Waals surface area contributed by atoms with E-state index < -0.39 is 0 Å². The van der Waals surface area contributed by atoms with Crippen LogP contribution in [0, 0.1) is 13.8 Å². The molecule has 6 nitrogen and oxygen atoms in total. The van der Waals surface area contributed by atoms with Gasteiger partial charge in [-0.05, 0) is 50.1 Å². The molecule has 0 saturated heterocycles. The Bertz CT molecular complexity index is 992. The summed E-state index contributed by atoms with van der Waals surface area (Å²) in [4.78, 5) is 29.4. The summed E-state index contributed by atoms with van der Waals surface area (Å²) in [5.41, 5.74) is 3.82. The summed E-state index contributed by atoms with van der Waals surface area (Å²) in [7, 11) is 0. The molecular weight excluding hydrogens is 342 g/mol. The lowest BCUT2D eigenvalue weighted by Crippen LogP contribution is -2.16. The fraction of sp³-hybridized carbons (Fsp3) is 0.286. The van der Waals surface area contributed by atoms with Gasteiger partial charge in [-0.3, -0.25) is 9.20 Å². The minimum atomic E-state index is -0.388. The molecule has 0 fully saturated rings. The van der Waals surface area contributed by atoms with Crippen molar-refractivity contribution in [2.75, 3.05) is 11.9 Å². The lowest BCUT2D eigenvalue weighted by Gasteiger charge is -2.09. The molecule has 0 radical (unpaired) electrons. The number of benzene rings is 1. The monoisotopic (exact) mass is 365 g/mol. The molecule has 0 atom stereocenters. The van der Waals surface area contributed by atoms with E-state index in [0.29, 0.717) is 29.2 Å². The average Bonchev–Trinajstić information content (AvgIpc) is 2.97. The molecule has 0 bridgehead atoms. The minimum absolute atomic E-state index is 0.276. The number of nitrogens with one attached hydrogen (secondary N) is 1. The fourth-order valence-electron chi connectivity index (χ4n) is 2.85. The van der Waals surface area contributed by atoms with E-state index in [0.717, 1.165) is 24.1 Å². The summed E-state index contributed by atoms with van der Waals surface area (Å²) >= 11 is 0. The second-order valence-electron chi connectivity index (χ2n) is 6.50. The van der Waals surface area contributed by atoms with Gasteiger partial charge in [0.2, 0.25) is 0 Å². The second kappa shape index (κ2) is 8.03. The van der Waals surface area contributed by atoms with E-state index >= 15 is 0 Å². The highest BCUT2D eigenvalue weighted by atomic mass is 16.5. The third kappa shape index (κ3) is 4.16. The van der Waals surface area contributed by atoms with Crippen molar-refractivity contribution in [3.05, 3.63) is 65.1 Å². The highest BCUT2D eigenvalue weighted by Gasteiger charge is 2.17. The molecule has 2 aromatic heterocycles. The number of anilines is 1. The van der Waals surface area contributed by atoms with E-state index in [1.807, 2.05) is 32.2 Å². The van der Waals surface area contributed by atoms with Crippen LogP contribution in [0.2, 0.25) is 0 Å². The summed E-state index contributed by atoms with van der Waals surface area (Å²) in [5, 5.41) is 2.85. The maximum absolute atomic E-state index is 12.8. The zero-order valence-electron chi connectivity index (χ0n) is 15.8. The quantitative estimate of drug-likeness (QED) is 0.526. The highest BCUT2D eigenvalue weighted by Crippen LogP contribution is 2.17. The van der Waals surface area contributed by atoms with Gasteiger partial charge in [0.1, 0.15) is 11.3 Å². The van der Waals surface area contributed by atoms with Gasteiger partial charge in [0.25, 0.3) is 5.91 Å². The Labute approximate surface area is 158 Å². The van der Waals surface area contributed by atoms with Crippen LogP contribution in [-0.4, -0.2) is 27.9 Å². The molecule has 0 unspecified atom stereocenters. The van der Waals surface area contributed by atoms with E-state index in [2.05, 4.69) is 10.3 Å². The second-order valence-corrected chi connectivity index (χ2v) is 6.50. The minimum Gasteiger partial charge on any atom is -0.462 e. The average molecular weight is 365 g/mol. The Morgan fingerprint density at radius 2 is 2.00 bits per heavy atom. The fourth-order valence-corrected chi connectivity index (χ4v) is 2.85. The van der Waals surface area contributed by atoms with Crippen LogP contribution < -0.4 is 5.32 Å². The molecule has 0 spiro atoms. The zero-order chi connectivity index (χ0) is 19.4. The first kappa shape index (κ1) is 18.6. The number of nitrogens with zero attached hydrogens (tertiary/aromatic N) is 2. The smallest absolute Gasteiger partial charge is 0.338 e. The topological polar surface area (TPSA) is 72.7 Å². The molecule has 140 valence electrons. The maximum atomic E-state index is 12.8. The number of aromatic nitrogens is 2. The van der Waals surface area contributed by atoms with Gasteiger partial charge in [-0.25, -0.2) is 9.78 Å². The van der Waals surface area contributed by atoms with Crippen LogP contribution in [0.25, 0.3) is 5.65 Å². The number of imidazole rings is 1. The van der Waals surface area contributed by atoms with Crippen molar-refractivity contribution in [1.82, 2.24) is 9.38 Å². The van der Waals surface area contributed by atoms with Crippen LogP contribution in [0.4, 0.5) is 5.69 Å². The number of aryl methyl sites for hydroxylation is 2. The summed E-state index contributed by atoms with van der Waals surface area (Å²) < 4.78 is 7.01. The highest BCUT2D eigenvalue weighted by molar-refractivity contribution is 6.05. The van der Waals surface area contributed by atoms with E-state index in [-0.39, 0.29) is 11.9 Å². The number of hydrogen-bond donors (Lipinski definition) is 1. The van der Waals surface area contributed by atoms with Crippen molar-refractivity contribution >= 4 is 23.2 Å². The molecule has 0 aliphatic heterocycles. The molecule has 0 aliphatic carbocycles. The van der Waals surface area contributed by atoms with E-state index in [1.165, 1.54) is 0 Å². The van der Waals surface area contributed by atoms with Crippen molar-refractivity contribution in [3.8, 4) is 0 Å². The van der Waals surface area contributed by atoms with Gasteiger partial charge >= 0.3 is 5.97 Å². The number of ether oxygens (including phenoxy) is 1.